The molecule has 228 valence electrons. The Bertz CT molecular complexity index is 1650. The van der Waals surface area contributed by atoms with Gasteiger partial charge in [-0.2, -0.15) is 0 Å². The van der Waals surface area contributed by atoms with Crippen molar-refractivity contribution >= 4 is 56.8 Å². The maximum Gasteiger partial charge on any atom is 2.00 e. The second-order valence-corrected chi connectivity index (χ2v) is 8.62. The molecule has 4 aromatic rings. The second-order valence-electron chi connectivity index (χ2n) is 8.62. The van der Waals surface area contributed by atoms with E-state index in [0.717, 1.165) is 0 Å². The van der Waals surface area contributed by atoms with E-state index in [1.54, 1.807) is 36.4 Å². The SMILES string of the molecule is C=C(C)C(=O)O.C=C(C)C(=O)O.O=C([O-])c1c([N+](=O)[O-])ccc2ccccc12.O=C([O-])c1c([N+](=O)[O-])ccc2ccccc12.[Zn+2]. The van der Waals surface area contributed by atoms with Gasteiger partial charge >= 0.3 is 31.4 Å². The number of carboxylic acids is 4. The molecular weight excluding hydrogens is 646 g/mol. The molecule has 4 rings (SSSR count). The van der Waals surface area contributed by atoms with Gasteiger partial charge < -0.3 is 30.0 Å². The molecule has 15 heteroatoms. The van der Waals surface area contributed by atoms with Crippen molar-refractivity contribution in [2.24, 2.45) is 0 Å². The van der Waals surface area contributed by atoms with Crippen LogP contribution in [0.2, 0.25) is 0 Å². The second kappa shape index (κ2) is 18.0. The maximum absolute atomic E-state index is 10.9. The van der Waals surface area contributed by atoms with Gasteiger partial charge in [-0.1, -0.05) is 61.7 Å². The molecule has 0 unspecified atom stereocenters. The summed E-state index contributed by atoms with van der Waals surface area (Å²) < 4.78 is 0. The number of fused-ring (bicyclic) bond motifs is 2. The van der Waals surface area contributed by atoms with Crippen LogP contribution in [0, 0.1) is 20.2 Å². The first-order chi connectivity index (χ1) is 20.5. The number of hydrogen-bond acceptors (Lipinski definition) is 10. The predicted octanol–water partition coefficient (Wildman–Crippen LogP) is 3.51. The summed E-state index contributed by atoms with van der Waals surface area (Å²) in [5.74, 6) is -4.95. The Hall–Kier alpha value is -5.82. The number of nitro benzene ring substituents is 2. The summed E-state index contributed by atoms with van der Waals surface area (Å²) in [5, 5.41) is 60.9. The predicted molar refractivity (Wildman–Crippen MR) is 155 cm³/mol. The van der Waals surface area contributed by atoms with Gasteiger partial charge in [0.1, 0.15) is 0 Å². The minimum atomic E-state index is -1.54. The quantitative estimate of drug-likeness (QED) is 0.130. The molecule has 0 aromatic heterocycles. The number of aliphatic carboxylic acids is 2. The fraction of sp³-hybridized carbons (Fsp3) is 0.0667. The molecule has 0 aliphatic carbocycles. The van der Waals surface area contributed by atoms with Gasteiger partial charge in [-0.25, -0.2) is 9.59 Å². The van der Waals surface area contributed by atoms with Crippen LogP contribution in [0.3, 0.4) is 0 Å². The van der Waals surface area contributed by atoms with Crippen molar-refractivity contribution in [1.82, 2.24) is 0 Å². The minimum absolute atomic E-state index is 0. The Balaban J connectivity index is 0.000000629. The molecule has 0 atom stereocenters. The van der Waals surface area contributed by atoms with E-state index in [4.69, 9.17) is 10.2 Å². The minimum Gasteiger partial charge on any atom is -0.545 e. The molecule has 0 saturated heterocycles. The van der Waals surface area contributed by atoms with Crippen LogP contribution in [-0.4, -0.2) is 43.9 Å². The van der Waals surface area contributed by atoms with Gasteiger partial charge in [0, 0.05) is 23.3 Å². The molecule has 0 saturated carbocycles. The number of benzene rings is 4. The molecule has 0 radical (unpaired) electrons. The number of rotatable bonds is 6. The van der Waals surface area contributed by atoms with E-state index in [-0.39, 0.29) is 41.8 Å². The third kappa shape index (κ3) is 11.4. The van der Waals surface area contributed by atoms with E-state index in [0.29, 0.717) is 21.5 Å². The smallest absolute Gasteiger partial charge is 0.545 e. The zero-order valence-corrected chi connectivity index (χ0v) is 26.9. The van der Waals surface area contributed by atoms with Crippen LogP contribution < -0.4 is 10.2 Å². The molecule has 0 fully saturated rings. The average Bonchev–Trinajstić information content (AvgIpc) is 2.96. The molecule has 4 aromatic carbocycles. The van der Waals surface area contributed by atoms with Gasteiger partial charge in [0.2, 0.25) is 0 Å². The molecule has 0 aliphatic heterocycles. The van der Waals surface area contributed by atoms with E-state index >= 15 is 0 Å². The van der Waals surface area contributed by atoms with Crippen molar-refractivity contribution in [2.75, 3.05) is 0 Å². The van der Waals surface area contributed by atoms with Crippen LogP contribution in [0.5, 0.6) is 0 Å². The topological polar surface area (TPSA) is 241 Å². The van der Waals surface area contributed by atoms with Gasteiger partial charge in [0.15, 0.2) is 0 Å². The van der Waals surface area contributed by atoms with E-state index in [1.807, 2.05) is 0 Å². The molecule has 14 nitrogen and oxygen atoms in total. The number of nitro groups is 2. The van der Waals surface area contributed by atoms with Crippen molar-refractivity contribution in [2.45, 2.75) is 13.8 Å². The van der Waals surface area contributed by atoms with Gasteiger partial charge in [-0.15, -0.1) is 0 Å². The third-order valence-corrected chi connectivity index (χ3v) is 5.35. The summed E-state index contributed by atoms with van der Waals surface area (Å²) in [4.78, 5) is 61.0. The van der Waals surface area contributed by atoms with E-state index in [1.165, 1.54) is 50.2 Å². The Labute approximate surface area is 267 Å². The Morgan fingerprint density at radius 3 is 1.09 bits per heavy atom. The third-order valence-electron chi connectivity index (χ3n) is 5.35. The van der Waals surface area contributed by atoms with Crippen LogP contribution in [0.15, 0.2) is 97.1 Å². The summed E-state index contributed by atoms with van der Waals surface area (Å²) in [5.41, 5.74) is -1.28. The Kier molecular flexibility index (Phi) is 15.7. The first-order valence-electron chi connectivity index (χ1n) is 12.0. The summed E-state index contributed by atoms with van der Waals surface area (Å²) in [6.07, 6.45) is 0. The van der Waals surface area contributed by atoms with Crippen LogP contribution in [0.25, 0.3) is 21.5 Å². The molecule has 2 N–H and O–H groups in total. The number of carbonyl (C=O) groups is 4. The van der Waals surface area contributed by atoms with Gasteiger partial charge in [0.05, 0.1) is 32.9 Å². The molecular formula is C30H24N2O12Zn. The largest absolute Gasteiger partial charge is 2.00 e. The monoisotopic (exact) mass is 668 g/mol. The van der Waals surface area contributed by atoms with Crippen molar-refractivity contribution in [3.05, 3.63) is 128 Å². The normalized spacial score (nSPS) is 9.29. The number of hydrogen-bond donors (Lipinski definition) is 2. The Morgan fingerprint density at radius 2 is 0.867 bits per heavy atom. The first kappa shape index (κ1) is 39.2. The van der Waals surface area contributed by atoms with Crippen LogP contribution in [0.4, 0.5) is 11.4 Å². The molecule has 0 amide bonds. The van der Waals surface area contributed by atoms with Crippen LogP contribution in [-0.2, 0) is 29.1 Å². The van der Waals surface area contributed by atoms with Crippen molar-refractivity contribution < 1.29 is 68.9 Å². The average molecular weight is 670 g/mol. The van der Waals surface area contributed by atoms with Gasteiger partial charge in [-0.3, -0.25) is 20.2 Å². The summed E-state index contributed by atoms with van der Waals surface area (Å²) in [6.45, 7) is 9.20. The van der Waals surface area contributed by atoms with Crippen molar-refractivity contribution in [3.8, 4) is 0 Å². The zero-order valence-electron chi connectivity index (χ0n) is 23.9. The Morgan fingerprint density at radius 1 is 0.600 bits per heavy atom. The number of carboxylic acid groups (broad SMARTS) is 4. The van der Waals surface area contributed by atoms with Gasteiger partial charge in [-0.05, 0) is 47.5 Å². The molecule has 0 heterocycles. The summed E-state index contributed by atoms with van der Waals surface area (Å²) >= 11 is 0. The first-order valence-corrected chi connectivity index (χ1v) is 12.0. The van der Waals surface area contributed by atoms with Gasteiger partial charge in [0.25, 0.3) is 11.4 Å². The van der Waals surface area contributed by atoms with Crippen molar-refractivity contribution in [3.63, 3.8) is 0 Å². The molecule has 0 aliphatic rings. The zero-order chi connectivity index (χ0) is 33.7. The van der Waals surface area contributed by atoms with E-state index in [9.17, 15) is 49.6 Å². The number of aromatic carboxylic acids is 2. The number of carbonyl (C=O) groups excluding carboxylic acids is 2. The summed E-state index contributed by atoms with van der Waals surface area (Å²) in [6, 6.07) is 18.5. The molecule has 0 bridgehead atoms. The van der Waals surface area contributed by atoms with E-state index < -0.39 is 45.1 Å². The van der Waals surface area contributed by atoms with E-state index in [2.05, 4.69) is 13.2 Å². The fourth-order valence-corrected chi connectivity index (χ4v) is 3.25. The molecule has 0 spiro atoms. The van der Waals surface area contributed by atoms with Crippen molar-refractivity contribution in [1.29, 1.82) is 0 Å². The molecule has 45 heavy (non-hydrogen) atoms. The van der Waals surface area contributed by atoms with Crippen LogP contribution in [0.1, 0.15) is 34.6 Å². The maximum atomic E-state index is 10.9. The summed E-state index contributed by atoms with van der Waals surface area (Å²) in [7, 11) is 0. The standard InChI is InChI=1S/2C11H7NO4.2C4H6O2.Zn/c2*13-11(14)10-8-4-2-1-3-7(8)5-6-9(10)12(15)16;2*1-3(2)4(5)6;/h2*1-6H,(H,13,14);2*1H2,2H3,(H,5,6);/q;;;;+2/p-2. The fourth-order valence-electron chi connectivity index (χ4n) is 3.25. The van der Waals surface area contributed by atoms with Crippen LogP contribution >= 0.6 is 0 Å². The number of nitrogens with zero attached hydrogens (tertiary/aromatic N) is 2.